The second-order valence-corrected chi connectivity index (χ2v) is 7.95. The maximum absolute atomic E-state index is 13.0. The summed E-state index contributed by atoms with van der Waals surface area (Å²) in [5.74, 6) is -1.45. The molecule has 2 aromatic carbocycles. The molecule has 3 rings (SSSR count). The number of likely N-dealkylation sites (N-methyl/N-ethyl adjacent to an activating group) is 1. The summed E-state index contributed by atoms with van der Waals surface area (Å²) in [6.45, 7) is -0.305. The van der Waals surface area contributed by atoms with Crippen molar-refractivity contribution in [3.8, 4) is 11.5 Å². The fourth-order valence-electron chi connectivity index (χ4n) is 2.85. The lowest BCUT2D eigenvalue weighted by Crippen LogP contribution is -2.30. The largest absolute Gasteiger partial charge is 0.493 e. The molecule has 34 heavy (non-hydrogen) atoms. The van der Waals surface area contributed by atoms with Crippen LogP contribution in [0.25, 0.3) is 0 Å². The van der Waals surface area contributed by atoms with Crippen molar-refractivity contribution in [2.45, 2.75) is 6.54 Å². The molecule has 0 spiro atoms. The molecule has 0 saturated carbocycles. The number of nitrogens with one attached hydrogen (secondary N) is 1. The van der Waals surface area contributed by atoms with Gasteiger partial charge in [0.15, 0.2) is 24.7 Å². The summed E-state index contributed by atoms with van der Waals surface area (Å²) in [5.41, 5.74) is 1.59. The summed E-state index contributed by atoms with van der Waals surface area (Å²) < 4.78 is 28.8. The molecule has 2 amide bonds. The minimum atomic E-state index is -0.698. The van der Waals surface area contributed by atoms with Gasteiger partial charge in [-0.05, 0) is 64.9 Å². The number of thiophene rings is 1. The number of carbonyl (C=O) groups is 3. The number of methoxy groups -OCH3 is 1. The van der Waals surface area contributed by atoms with Crippen LogP contribution in [0.1, 0.15) is 15.9 Å². The van der Waals surface area contributed by atoms with Crippen LogP contribution in [0, 0.1) is 5.82 Å². The van der Waals surface area contributed by atoms with Crippen molar-refractivity contribution >= 4 is 34.8 Å². The number of halogens is 1. The summed E-state index contributed by atoms with van der Waals surface area (Å²) in [5, 5.41) is 6.44. The molecule has 0 aliphatic heterocycles. The van der Waals surface area contributed by atoms with Gasteiger partial charge >= 0.3 is 5.97 Å². The number of hydrogen-bond donors (Lipinski definition) is 1. The van der Waals surface area contributed by atoms with Crippen molar-refractivity contribution in [3.63, 3.8) is 0 Å². The molecule has 1 heterocycles. The van der Waals surface area contributed by atoms with E-state index in [0.717, 1.165) is 5.56 Å². The Balaban J connectivity index is 1.51. The molecular weight excluding hydrogens is 463 g/mol. The van der Waals surface area contributed by atoms with Gasteiger partial charge in [0.25, 0.3) is 11.8 Å². The topological polar surface area (TPSA) is 94.2 Å². The van der Waals surface area contributed by atoms with Gasteiger partial charge < -0.3 is 24.4 Å². The summed E-state index contributed by atoms with van der Waals surface area (Å²) in [4.78, 5) is 38.2. The highest BCUT2D eigenvalue weighted by atomic mass is 32.1. The Morgan fingerprint density at radius 1 is 1.03 bits per heavy atom. The van der Waals surface area contributed by atoms with E-state index in [1.165, 1.54) is 65.8 Å². The number of amides is 2. The van der Waals surface area contributed by atoms with Crippen LogP contribution in [-0.4, -0.2) is 50.1 Å². The molecule has 10 heteroatoms. The second-order valence-electron chi connectivity index (χ2n) is 7.17. The first kappa shape index (κ1) is 24.7. The van der Waals surface area contributed by atoms with E-state index in [4.69, 9.17) is 14.2 Å². The number of esters is 1. The van der Waals surface area contributed by atoms with E-state index in [-0.39, 0.29) is 29.6 Å². The molecule has 178 valence electrons. The van der Waals surface area contributed by atoms with Crippen molar-refractivity contribution in [1.82, 2.24) is 4.90 Å². The molecule has 0 bridgehead atoms. The third-order valence-corrected chi connectivity index (χ3v) is 5.37. The Hall–Kier alpha value is -3.92. The zero-order valence-corrected chi connectivity index (χ0v) is 19.4. The fraction of sp³-hybridized carbons (Fsp3) is 0.208. The fourth-order valence-corrected chi connectivity index (χ4v) is 3.51. The Morgan fingerprint density at radius 2 is 1.79 bits per heavy atom. The Bertz CT molecular complexity index is 1130. The highest BCUT2D eigenvalue weighted by molar-refractivity contribution is 7.07. The van der Waals surface area contributed by atoms with Crippen molar-refractivity contribution in [2.75, 3.05) is 32.7 Å². The monoisotopic (exact) mass is 486 g/mol. The molecule has 0 saturated heterocycles. The van der Waals surface area contributed by atoms with Crippen molar-refractivity contribution < 1.29 is 33.0 Å². The lowest BCUT2D eigenvalue weighted by molar-refractivity contribution is -0.133. The number of ether oxygens (including phenoxy) is 3. The van der Waals surface area contributed by atoms with Gasteiger partial charge in [-0.25, -0.2) is 9.18 Å². The van der Waals surface area contributed by atoms with Crippen LogP contribution in [0.3, 0.4) is 0 Å². The van der Waals surface area contributed by atoms with E-state index >= 15 is 0 Å². The van der Waals surface area contributed by atoms with Crippen LogP contribution in [0.5, 0.6) is 11.5 Å². The predicted octanol–water partition coefficient (Wildman–Crippen LogP) is 3.73. The Labute approximate surface area is 199 Å². The van der Waals surface area contributed by atoms with Gasteiger partial charge in [-0.3, -0.25) is 9.59 Å². The first-order valence-corrected chi connectivity index (χ1v) is 11.1. The second kappa shape index (κ2) is 11.8. The summed E-state index contributed by atoms with van der Waals surface area (Å²) in [6, 6.07) is 11.5. The molecule has 0 fully saturated rings. The number of rotatable bonds is 10. The zero-order valence-electron chi connectivity index (χ0n) is 18.6. The number of nitrogens with zero attached hydrogens (tertiary/aromatic N) is 1. The highest BCUT2D eigenvalue weighted by Gasteiger charge is 2.17. The van der Waals surface area contributed by atoms with Gasteiger partial charge in [-0.1, -0.05) is 0 Å². The number of benzene rings is 2. The van der Waals surface area contributed by atoms with Gasteiger partial charge in [0.05, 0.1) is 12.7 Å². The van der Waals surface area contributed by atoms with Gasteiger partial charge in [0, 0.05) is 19.3 Å². The van der Waals surface area contributed by atoms with Crippen LogP contribution in [0.4, 0.5) is 10.1 Å². The molecule has 0 aliphatic rings. The maximum Gasteiger partial charge on any atom is 0.338 e. The van der Waals surface area contributed by atoms with E-state index < -0.39 is 24.3 Å². The van der Waals surface area contributed by atoms with Crippen LogP contribution < -0.4 is 14.8 Å². The van der Waals surface area contributed by atoms with Crippen LogP contribution >= 0.6 is 11.3 Å². The van der Waals surface area contributed by atoms with Gasteiger partial charge in [-0.2, -0.15) is 11.3 Å². The van der Waals surface area contributed by atoms with Crippen LogP contribution in [-0.2, 0) is 20.9 Å². The molecule has 3 aromatic rings. The number of hydrogen-bond acceptors (Lipinski definition) is 7. The van der Waals surface area contributed by atoms with E-state index in [1.807, 2.05) is 16.8 Å². The minimum absolute atomic E-state index is 0.160. The summed E-state index contributed by atoms with van der Waals surface area (Å²) >= 11 is 1.54. The van der Waals surface area contributed by atoms with E-state index in [0.29, 0.717) is 12.2 Å². The van der Waals surface area contributed by atoms with Gasteiger partial charge in [0.1, 0.15) is 5.82 Å². The molecule has 1 aromatic heterocycles. The normalized spacial score (nSPS) is 10.3. The number of anilines is 1. The Morgan fingerprint density at radius 3 is 2.47 bits per heavy atom. The minimum Gasteiger partial charge on any atom is -0.493 e. The predicted molar refractivity (Wildman–Crippen MR) is 125 cm³/mol. The third-order valence-electron chi connectivity index (χ3n) is 4.64. The zero-order chi connectivity index (χ0) is 24.5. The molecule has 1 N–H and O–H groups in total. The summed E-state index contributed by atoms with van der Waals surface area (Å²) in [7, 11) is 3.02. The first-order valence-electron chi connectivity index (χ1n) is 10.1. The maximum atomic E-state index is 13.0. The van der Waals surface area contributed by atoms with E-state index in [9.17, 15) is 18.8 Å². The number of carbonyl (C=O) groups excluding carboxylic acids is 3. The summed E-state index contributed by atoms with van der Waals surface area (Å²) in [6.07, 6.45) is 0. The average Bonchev–Trinajstić information content (AvgIpc) is 3.35. The third kappa shape index (κ3) is 7.04. The smallest absolute Gasteiger partial charge is 0.338 e. The molecule has 0 radical (unpaired) electrons. The molecular formula is C24H23FN2O6S. The van der Waals surface area contributed by atoms with Crippen LogP contribution in [0.2, 0.25) is 0 Å². The van der Waals surface area contributed by atoms with Crippen molar-refractivity contribution in [1.29, 1.82) is 0 Å². The first-order chi connectivity index (χ1) is 16.4. The van der Waals surface area contributed by atoms with E-state index in [2.05, 4.69) is 5.32 Å². The van der Waals surface area contributed by atoms with Crippen LogP contribution in [0.15, 0.2) is 59.3 Å². The van der Waals surface area contributed by atoms with Gasteiger partial charge in [-0.15, -0.1) is 0 Å². The Kier molecular flexibility index (Phi) is 8.58. The highest BCUT2D eigenvalue weighted by Crippen LogP contribution is 2.28. The molecule has 8 nitrogen and oxygen atoms in total. The molecule has 0 aliphatic carbocycles. The van der Waals surface area contributed by atoms with Crippen molar-refractivity contribution in [2.24, 2.45) is 0 Å². The quantitative estimate of drug-likeness (QED) is 0.439. The average molecular weight is 487 g/mol. The van der Waals surface area contributed by atoms with E-state index in [1.54, 1.807) is 7.05 Å². The SMILES string of the molecule is COc1cc(C(=O)OCC(=O)N(C)Cc2ccsc2)ccc1OCC(=O)Nc1ccc(F)cc1. The van der Waals surface area contributed by atoms with Gasteiger partial charge in [0.2, 0.25) is 0 Å². The molecule has 0 unspecified atom stereocenters. The molecule has 0 atom stereocenters. The lowest BCUT2D eigenvalue weighted by atomic mass is 10.2. The standard InChI is InChI=1S/C24H23FN2O6S/c1-27(12-16-9-10-34-15-16)23(29)14-33-24(30)17-3-8-20(21(11-17)31-2)32-13-22(28)26-19-6-4-18(25)5-7-19/h3-11,15H,12-14H2,1-2H3,(H,26,28). The van der Waals surface area contributed by atoms with Crippen molar-refractivity contribution in [3.05, 3.63) is 76.2 Å². The lowest BCUT2D eigenvalue weighted by Gasteiger charge is -2.16.